The van der Waals surface area contributed by atoms with E-state index in [0.29, 0.717) is 13.1 Å². The molecule has 6 heteroatoms. The van der Waals surface area contributed by atoms with Gasteiger partial charge in [-0.1, -0.05) is 26.0 Å². The Bertz CT molecular complexity index is 519. The Morgan fingerprint density at radius 1 is 1.26 bits per heavy atom. The average molecular weight is 324 g/mol. The van der Waals surface area contributed by atoms with Gasteiger partial charge in [0.15, 0.2) is 0 Å². The Balaban J connectivity index is 2.52. The molecule has 1 aromatic carbocycles. The maximum atomic E-state index is 12.9. The maximum Gasteiger partial charge on any atom is 0.309 e. The van der Waals surface area contributed by atoms with Crippen molar-refractivity contribution in [3.8, 4) is 0 Å². The van der Waals surface area contributed by atoms with Crippen molar-refractivity contribution in [3.63, 3.8) is 0 Å². The predicted octanol–water partition coefficient (Wildman–Crippen LogP) is 2.13. The van der Waals surface area contributed by atoms with Crippen LogP contribution in [0.3, 0.4) is 0 Å². The Labute approximate surface area is 136 Å². The third-order valence-electron chi connectivity index (χ3n) is 3.70. The van der Waals surface area contributed by atoms with Crippen LogP contribution in [0.2, 0.25) is 0 Å². The molecule has 0 heterocycles. The van der Waals surface area contributed by atoms with Crippen LogP contribution in [0.15, 0.2) is 24.3 Å². The van der Waals surface area contributed by atoms with E-state index in [1.54, 1.807) is 19.1 Å². The smallest absolute Gasteiger partial charge is 0.309 e. The molecule has 0 aliphatic rings. The second-order valence-corrected chi connectivity index (χ2v) is 5.59. The van der Waals surface area contributed by atoms with Crippen molar-refractivity contribution < 1.29 is 18.7 Å². The minimum Gasteiger partial charge on any atom is -0.469 e. The number of nitrogens with one attached hydrogen (secondary N) is 1. The van der Waals surface area contributed by atoms with Crippen LogP contribution < -0.4 is 5.32 Å². The molecule has 0 saturated carbocycles. The highest BCUT2D eigenvalue weighted by Crippen LogP contribution is 2.12. The topological polar surface area (TPSA) is 58.6 Å². The fourth-order valence-corrected chi connectivity index (χ4v) is 2.29. The van der Waals surface area contributed by atoms with Crippen LogP contribution >= 0.6 is 0 Å². The van der Waals surface area contributed by atoms with Gasteiger partial charge in [0.2, 0.25) is 5.91 Å². The fourth-order valence-electron chi connectivity index (χ4n) is 2.29. The van der Waals surface area contributed by atoms with Crippen LogP contribution in [0.25, 0.3) is 0 Å². The largest absolute Gasteiger partial charge is 0.469 e. The molecule has 0 aromatic heterocycles. The zero-order valence-electron chi connectivity index (χ0n) is 14.1. The number of likely N-dealkylation sites (N-methyl/N-ethyl adjacent to an activating group) is 1. The summed E-state index contributed by atoms with van der Waals surface area (Å²) in [5.41, 5.74) is 0.839. The number of amides is 1. The minimum atomic E-state index is -0.304. The molecule has 1 amide bonds. The lowest BCUT2D eigenvalue weighted by Crippen LogP contribution is -2.41. The molecule has 2 atom stereocenters. The number of nitrogens with zero attached hydrogens (tertiary/aromatic N) is 1. The van der Waals surface area contributed by atoms with Gasteiger partial charge in [-0.25, -0.2) is 4.39 Å². The highest BCUT2D eigenvalue weighted by Gasteiger charge is 2.19. The molecule has 0 unspecified atom stereocenters. The molecule has 0 radical (unpaired) electrons. The lowest BCUT2D eigenvalue weighted by molar-refractivity contribution is -0.145. The monoisotopic (exact) mass is 324 g/mol. The summed E-state index contributed by atoms with van der Waals surface area (Å²) in [6.45, 7) is 6.86. The number of halogens is 1. The fraction of sp³-hybridized carbons (Fsp3) is 0.529. The van der Waals surface area contributed by atoms with Crippen LogP contribution in [0.4, 0.5) is 4.39 Å². The van der Waals surface area contributed by atoms with E-state index in [2.05, 4.69) is 5.32 Å². The molecule has 0 aliphatic heterocycles. The van der Waals surface area contributed by atoms with Crippen molar-refractivity contribution in [3.05, 3.63) is 35.6 Å². The number of ether oxygens (including phenoxy) is 1. The maximum absolute atomic E-state index is 12.9. The summed E-state index contributed by atoms with van der Waals surface area (Å²) in [7, 11) is 1.35. The molecule has 0 bridgehead atoms. The van der Waals surface area contributed by atoms with E-state index in [1.165, 1.54) is 19.2 Å². The Morgan fingerprint density at radius 3 is 2.39 bits per heavy atom. The number of esters is 1. The number of carbonyl (C=O) groups excluding carboxylic acids is 2. The first kappa shape index (κ1) is 19.1. The first-order valence-electron chi connectivity index (χ1n) is 7.72. The van der Waals surface area contributed by atoms with Crippen LogP contribution in [0.5, 0.6) is 0 Å². The standard InChI is InChI=1S/C17H25FN2O3/c1-5-20(10-12(2)17(22)23-4)11-16(21)19-13(3)14-6-8-15(18)9-7-14/h6-9,12-13H,5,10-11H2,1-4H3,(H,19,21)/t12-,13+/m1/s1. The van der Waals surface area contributed by atoms with Gasteiger partial charge >= 0.3 is 5.97 Å². The lowest BCUT2D eigenvalue weighted by Gasteiger charge is -2.23. The van der Waals surface area contributed by atoms with Gasteiger partial charge in [0, 0.05) is 6.54 Å². The summed E-state index contributed by atoms with van der Waals surface area (Å²) >= 11 is 0. The van der Waals surface area contributed by atoms with E-state index in [0.717, 1.165) is 5.56 Å². The van der Waals surface area contributed by atoms with E-state index < -0.39 is 0 Å². The molecule has 0 spiro atoms. The molecular formula is C17H25FN2O3. The second-order valence-electron chi connectivity index (χ2n) is 5.59. The minimum absolute atomic E-state index is 0.138. The summed E-state index contributed by atoms with van der Waals surface area (Å²) in [6.07, 6.45) is 0. The van der Waals surface area contributed by atoms with Gasteiger partial charge in [0.25, 0.3) is 0 Å². The second kappa shape index (κ2) is 9.25. The zero-order chi connectivity index (χ0) is 17.4. The number of hydrogen-bond donors (Lipinski definition) is 1. The molecule has 1 N–H and O–H groups in total. The molecule has 5 nitrogen and oxygen atoms in total. The molecular weight excluding hydrogens is 299 g/mol. The zero-order valence-corrected chi connectivity index (χ0v) is 14.1. The quantitative estimate of drug-likeness (QED) is 0.744. The van der Waals surface area contributed by atoms with Crippen LogP contribution in [-0.4, -0.2) is 43.5 Å². The summed E-state index contributed by atoms with van der Waals surface area (Å²) in [6, 6.07) is 5.83. The molecule has 0 aliphatic carbocycles. The van der Waals surface area contributed by atoms with Gasteiger partial charge in [-0.05, 0) is 31.2 Å². The Morgan fingerprint density at radius 2 is 1.87 bits per heavy atom. The highest BCUT2D eigenvalue weighted by atomic mass is 19.1. The van der Waals surface area contributed by atoms with Crippen LogP contribution in [-0.2, 0) is 14.3 Å². The predicted molar refractivity (Wildman–Crippen MR) is 86.3 cm³/mol. The Hall–Kier alpha value is -1.95. The molecule has 0 saturated heterocycles. The third-order valence-corrected chi connectivity index (χ3v) is 3.70. The highest BCUT2D eigenvalue weighted by molar-refractivity contribution is 5.78. The van der Waals surface area contributed by atoms with Gasteiger partial charge in [0.05, 0.1) is 25.6 Å². The first-order valence-corrected chi connectivity index (χ1v) is 7.72. The van der Waals surface area contributed by atoms with Crippen molar-refractivity contribution in [2.24, 2.45) is 5.92 Å². The van der Waals surface area contributed by atoms with Gasteiger partial charge in [-0.3, -0.25) is 14.5 Å². The van der Waals surface area contributed by atoms with E-state index >= 15 is 0 Å². The number of carbonyl (C=O) groups is 2. The molecule has 23 heavy (non-hydrogen) atoms. The summed E-state index contributed by atoms with van der Waals surface area (Å²) in [5.74, 6) is -1.02. The lowest BCUT2D eigenvalue weighted by atomic mass is 10.1. The van der Waals surface area contributed by atoms with Gasteiger partial charge in [-0.15, -0.1) is 0 Å². The summed E-state index contributed by atoms with van der Waals surface area (Å²) in [4.78, 5) is 25.5. The van der Waals surface area contributed by atoms with E-state index in [1.807, 2.05) is 18.7 Å². The summed E-state index contributed by atoms with van der Waals surface area (Å²) in [5, 5.41) is 2.88. The van der Waals surface area contributed by atoms with Crippen molar-refractivity contribution in [1.82, 2.24) is 10.2 Å². The number of methoxy groups -OCH3 is 1. The van der Waals surface area contributed by atoms with E-state index in [-0.39, 0.29) is 36.2 Å². The van der Waals surface area contributed by atoms with Gasteiger partial charge in [-0.2, -0.15) is 0 Å². The van der Waals surface area contributed by atoms with E-state index in [9.17, 15) is 14.0 Å². The first-order chi connectivity index (χ1) is 10.9. The number of benzene rings is 1. The van der Waals surface area contributed by atoms with Crippen LogP contribution in [0, 0.1) is 11.7 Å². The normalized spacial score (nSPS) is 13.5. The Kier molecular flexibility index (Phi) is 7.68. The molecule has 1 rings (SSSR count). The van der Waals surface area contributed by atoms with Crippen molar-refractivity contribution in [2.45, 2.75) is 26.8 Å². The third kappa shape index (κ3) is 6.36. The number of rotatable bonds is 8. The van der Waals surface area contributed by atoms with Crippen molar-refractivity contribution in [2.75, 3.05) is 26.7 Å². The molecule has 0 fully saturated rings. The SMILES string of the molecule is CCN(CC(=O)N[C@@H](C)c1ccc(F)cc1)C[C@@H](C)C(=O)OC. The summed E-state index contributed by atoms with van der Waals surface area (Å²) < 4.78 is 17.6. The molecule has 1 aromatic rings. The number of hydrogen-bond acceptors (Lipinski definition) is 4. The average Bonchev–Trinajstić information content (AvgIpc) is 2.53. The van der Waals surface area contributed by atoms with Crippen molar-refractivity contribution >= 4 is 11.9 Å². The van der Waals surface area contributed by atoms with Gasteiger partial charge < -0.3 is 10.1 Å². The van der Waals surface area contributed by atoms with Crippen molar-refractivity contribution in [1.29, 1.82) is 0 Å². The molecule has 128 valence electrons. The van der Waals surface area contributed by atoms with Crippen LogP contribution in [0.1, 0.15) is 32.4 Å². The van der Waals surface area contributed by atoms with E-state index in [4.69, 9.17) is 4.74 Å². The van der Waals surface area contributed by atoms with Gasteiger partial charge in [0.1, 0.15) is 5.82 Å².